The molecule has 0 bridgehead atoms. The van der Waals surface area contributed by atoms with Crippen molar-refractivity contribution in [3.8, 4) is 0 Å². The van der Waals surface area contributed by atoms with Crippen molar-refractivity contribution in [2.75, 3.05) is 13.1 Å². The zero-order valence-corrected chi connectivity index (χ0v) is 9.01. The van der Waals surface area contributed by atoms with Gasteiger partial charge in [-0.1, -0.05) is 24.6 Å². The van der Waals surface area contributed by atoms with E-state index >= 15 is 0 Å². The summed E-state index contributed by atoms with van der Waals surface area (Å²) in [4.78, 5) is 11.9. The van der Waals surface area contributed by atoms with Crippen LogP contribution in [0.3, 0.4) is 0 Å². The van der Waals surface area contributed by atoms with Gasteiger partial charge in [0, 0.05) is 6.08 Å². The summed E-state index contributed by atoms with van der Waals surface area (Å²) in [7, 11) is 0. The Morgan fingerprint density at radius 1 is 1.31 bits per heavy atom. The minimum atomic E-state index is -2.47. The normalized spacial score (nSPS) is 35.2. The Kier molecular flexibility index (Phi) is 3.05. The number of nitrogens with zero attached hydrogens (tertiary/aromatic N) is 2. The van der Waals surface area contributed by atoms with Crippen LogP contribution in [-0.4, -0.2) is 34.7 Å². The number of hydrogen-bond donors (Lipinski definition) is 0. The first kappa shape index (κ1) is 11.3. The fourth-order valence-electron chi connectivity index (χ4n) is 2.34. The minimum absolute atomic E-state index is 0.738. The molecule has 88 valence electrons. The standard InChI is InChI=1S/C11H15FN2O2/c12-11(14(15)16)7-3-2-6-10(11)13-8-4-1-5-9-13/h2-3,6-7,10H,1,4-5,8-9H2. The lowest BCUT2D eigenvalue weighted by Crippen LogP contribution is -2.54. The Morgan fingerprint density at radius 2 is 2.00 bits per heavy atom. The predicted molar refractivity (Wildman–Crippen MR) is 58.3 cm³/mol. The van der Waals surface area contributed by atoms with Gasteiger partial charge in [-0.3, -0.25) is 15.0 Å². The Hall–Kier alpha value is -1.23. The number of allylic oxidation sites excluding steroid dienone is 2. The molecule has 0 spiro atoms. The molecule has 0 radical (unpaired) electrons. The molecule has 1 aliphatic heterocycles. The molecular weight excluding hydrogens is 211 g/mol. The monoisotopic (exact) mass is 226 g/mol. The average molecular weight is 226 g/mol. The van der Waals surface area contributed by atoms with E-state index in [2.05, 4.69) is 0 Å². The first-order valence-corrected chi connectivity index (χ1v) is 5.58. The Bertz CT molecular complexity index is 337. The van der Waals surface area contributed by atoms with Crippen molar-refractivity contribution >= 4 is 0 Å². The predicted octanol–water partition coefficient (Wildman–Crippen LogP) is 1.91. The van der Waals surface area contributed by atoms with Crippen LogP contribution in [0.25, 0.3) is 0 Å². The molecule has 2 aliphatic rings. The second kappa shape index (κ2) is 4.33. The highest BCUT2D eigenvalue weighted by atomic mass is 19.1. The third kappa shape index (κ3) is 1.87. The zero-order chi connectivity index (χ0) is 11.6. The molecule has 1 fully saturated rings. The largest absolute Gasteiger partial charge is 0.396 e. The van der Waals surface area contributed by atoms with Gasteiger partial charge in [0.2, 0.25) is 0 Å². The van der Waals surface area contributed by atoms with Gasteiger partial charge < -0.3 is 0 Å². The van der Waals surface area contributed by atoms with E-state index in [0.717, 1.165) is 38.4 Å². The van der Waals surface area contributed by atoms with Gasteiger partial charge in [-0.25, -0.2) is 0 Å². The number of likely N-dealkylation sites (tertiary alicyclic amines) is 1. The topological polar surface area (TPSA) is 46.4 Å². The van der Waals surface area contributed by atoms with Crippen LogP contribution >= 0.6 is 0 Å². The van der Waals surface area contributed by atoms with Crippen molar-refractivity contribution in [1.82, 2.24) is 4.90 Å². The molecule has 0 aromatic rings. The summed E-state index contributed by atoms with van der Waals surface area (Å²) in [6.45, 7) is 1.48. The van der Waals surface area contributed by atoms with E-state index < -0.39 is 16.8 Å². The second-order valence-corrected chi connectivity index (χ2v) is 4.27. The fourth-order valence-corrected chi connectivity index (χ4v) is 2.34. The number of rotatable bonds is 2. The van der Waals surface area contributed by atoms with Gasteiger partial charge >= 0.3 is 5.79 Å². The number of piperidine rings is 1. The highest BCUT2D eigenvalue weighted by Gasteiger charge is 2.51. The van der Waals surface area contributed by atoms with E-state index in [1.54, 1.807) is 12.2 Å². The molecule has 1 heterocycles. The Morgan fingerprint density at radius 3 is 2.62 bits per heavy atom. The molecule has 16 heavy (non-hydrogen) atoms. The molecule has 0 amide bonds. The van der Waals surface area contributed by atoms with Crippen LogP contribution in [-0.2, 0) is 0 Å². The van der Waals surface area contributed by atoms with E-state index in [1.165, 1.54) is 6.08 Å². The van der Waals surface area contributed by atoms with Crippen LogP contribution in [0.5, 0.6) is 0 Å². The molecule has 0 saturated carbocycles. The van der Waals surface area contributed by atoms with Crippen molar-refractivity contribution in [2.45, 2.75) is 31.1 Å². The van der Waals surface area contributed by atoms with E-state index in [4.69, 9.17) is 0 Å². The summed E-state index contributed by atoms with van der Waals surface area (Å²) in [5.74, 6) is -2.47. The molecule has 2 rings (SSSR count). The summed E-state index contributed by atoms with van der Waals surface area (Å²) in [5.41, 5.74) is 0. The van der Waals surface area contributed by atoms with Gasteiger partial charge in [0.15, 0.2) is 0 Å². The van der Waals surface area contributed by atoms with Crippen LogP contribution < -0.4 is 0 Å². The lowest BCUT2D eigenvalue weighted by Gasteiger charge is -2.36. The first-order chi connectivity index (χ1) is 7.64. The second-order valence-electron chi connectivity index (χ2n) is 4.27. The zero-order valence-electron chi connectivity index (χ0n) is 9.01. The molecule has 0 aromatic heterocycles. The van der Waals surface area contributed by atoms with Crippen molar-refractivity contribution in [1.29, 1.82) is 0 Å². The van der Waals surface area contributed by atoms with E-state index in [0.29, 0.717) is 0 Å². The highest BCUT2D eigenvalue weighted by molar-refractivity contribution is 5.22. The molecule has 1 saturated heterocycles. The lowest BCUT2D eigenvalue weighted by molar-refractivity contribution is -0.596. The van der Waals surface area contributed by atoms with Crippen LogP contribution in [0.2, 0.25) is 0 Å². The van der Waals surface area contributed by atoms with Crippen LogP contribution in [0, 0.1) is 10.1 Å². The summed E-state index contributed by atoms with van der Waals surface area (Å²) in [6.07, 6.45) is 8.83. The van der Waals surface area contributed by atoms with Gasteiger partial charge in [-0.15, -0.1) is 0 Å². The molecule has 2 atom stereocenters. The molecule has 2 unspecified atom stereocenters. The molecule has 5 heteroatoms. The first-order valence-electron chi connectivity index (χ1n) is 5.58. The maximum absolute atomic E-state index is 14.3. The summed E-state index contributed by atoms with van der Waals surface area (Å²) in [5, 5.41) is 10.8. The van der Waals surface area contributed by atoms with Crippen molar-refractivity contribution < 1.29 is 9.31 Å². The number of hydrogen-bond acceptors (Lipinski definition) is 3. The van der Waals surface area contributed by atoms with Gasteiger partial charge in [-0.2, -0.15) is 4.39 Å². The minimum Gasteiger partial charge on any atom is -0.288 e. The van der Waals surface area contributed by atoms with Crippen molar-refractivity contribution in [3.05, 3.63) is 34.4 Å². The van der Waals surface area contributed by atoms with E-state index in [-0.39, 0.29) is 0 Å². The third-order valence-corrected chi connectivity index (χ3v) is 3.21. The molecule has 0 aromatic carbocycles. The lowest BCUT2D eigenvalue weighted by atomic mass is 9.97. The summed E-state index contributed by atoms with van der Waals surface area (Å²) >= 11 is 0. The Balaban J connectivity index is 2.20. The van der Waals surface area contributed by atoms with Gasteiger partial charge in [0.25, 0.3) is 0 Å². The maximum atomic E-state index is 14.3. The molecule has 4 nitrogen and oxygen atoms in total. The van der Waals surface area contributed by atoms with Gasteiger partial charge in [0.1, 0.15) is 6.04 Å². The summed E-state index contributed by atoms with van der Waals surface area (Å²) < 4.78 is 14.3. The molecule has 0 N–H and O–H groups in total. The quantitative estimate of drug-likeness (QED) is 0.410. The highest BCUT2D eigenvalue weighted by Crippen LogP contribution is 2.29. The molecular formula is C11H15FN2O2. The van der Waals surface area contributed by atoms with Crippen LogP contribution in [0.1, 0.15) is 19.3 Å². The summed E-state index contributed by atoms with van der Waals surface area (Å²) in [6, 6.07) is -0.757. The van der Waals surface area contributed by atoms with Gasteiger partial charge in [-0.05, 0) is 25.9 Å². The number of nitro groups is 1. The van der Waals surface area contributed by atoms with Gasteiger partial charge in [0.05, 0.1) is 4.92 Å². The molecule has 1 aliphatic carbocycles. The fraction of sp³-hybridized carbons (Fsp3) is 0.636. The smallest absolute Gasteiger partial charge is 0.288 e. The number of alkyl halides is 1. The van der Waals surface area contributed by atoms with Crippen LogP contribution in [0.4, 0.5) is 4.39 Å². The van der Waals surface area contributed by atoms with Crippen molar-refractivity contribution in [3.63, 3.8) is 0 Å². The Labute approximate surface area is 93.6 Å². The van der Waals surface area contributed by atoms with E-state index in [1.807, 2.05) is 4.90 Å². The third-order valence-electron chi connectivity index (χ3n) is 3.21. The van der Waals surface area contributed by atoms with E-state index in [9.17, 15) is 14.5 Å². The maximum Gasteiger partial charge on any atom is 0.396 e. The SMILES string of the molecule is O=[N+]([O-])C1(F)C=CC=CC1N1CCCCC1. The average Bonchev–Trinajstić information content (AvgIpc) is 2.30. The number of halogens is 1. The van der Waals surface area contributed by atoms with Crippen LogP contribution in [0.15, 0.2) is 24.3 Å². The van der Waals surface area contributed by atoms with Crippen molar-refractivity contribution in [2.24, 2.45) is 0 Å².